The van der Waals surface area contributed by atoms with Crippen molar-refractivity contribution in [3.8, 4) is 0 Å². The van der Waals surface area contributed by atoms with Crippen molar-refractivity contribution in [3.63, 3.8) is 0 Å². The highest BCUT2D eigenvalue weighted by Crippen LogP contribution is 2.27. The molecule has 7 heteroatoms. The van der Waals surface area contributed by atoms with Gasteiger partial charge < -0.3 is 5.73 Å². The zero-order valence-electron chi connectivity index (χ0n) is 9.65. The van der Waals surface area contributed by atoms with Gasteiger partial charge in [0.2, 0.25) is 0 Å². The molecule has 0 aliphatic carbocycles. The van der Waals surface area contributed by atoms with Crippen LogP contribution in [0, 0.1) is 0 Å². The molecule has 0 spiro atoms. The summed E-state index contributed by atoms with van der Waals surface area (Å²) >= 11 is 4.42. The van der Waals surface area contributed by atoms with Crippen LogP contribution in [0.15, 0.2) is 20.1 Å². The number of nitrogens with one attached hydrogen (secondary N) is 1. The van der Waals surface area contributed by atoms with E-state index in [1.54, 1.807) is 11.4 Å². The zero-order valence-corrected chi connectivity index (χ0v) is 12.9. The molecule has 0 aliphatic rings. The van der Waals surface area contributed by atoms with E-state index in [4.69, 9.17) is 5.73 Å². The van der Waals surface area contributed by atoms with Gasteiger partial charge in [0.15, 0.2) is 0 Å². The molecule has 0 fully saturated rings. The highest BCUT2D eigenvalue weighted by atomic mass is 79.9. The van der Waals surface area contributed by atoms with Crippen LogP contribution in [0.4, 0.5) is 0 Å². The van der Waals surface area contributed by atoms with Crippen molar-refractivity contribution < 1.29 is 8.42 Å². The summed E-state index contributed by atoms with van der Waals surface area (Å²) in [7, 11) is -3.45. The number of unbranched alkanes of at least 4 members (excludes halogenated alkanes) is 1. The zero-order chi connectivity index (χ0) is 12.9. The Labute approximate surface area is 115 Å². The molecule has 1 unspecified atom stereocenters. The van der Waals surface area contributed by atoms with Crippen LogP contribution in [0.5, 0.6) is 0 Å². The van der Waals surface area contributed by atoms with Crippen LogP contribution in [0.3, 0.4) is 0 Å². The molecular formula is C10H17BrN2O2S2. The molecule has 98 valence electrons. The number of thiophene rings is 1. The first kappa shape index (κ1) is 15.1. The van der Waals surface area contributed by atoms with Crippen molar-refractivity contribution in [2.45, 2.75) is 36.4 Å². The van der Waals surface area contributed by atoms with E-state index in [0.29, 0.717) is 15.2 Å². The van der Waals surface area contributed by atoms with E-state index in [2.05, 4.69) is 27.6 Å². The largest absolute Gasteiger partial charge is 0.329 e. The van der Waals surface area contributed by atoms with Crippen LogP contribution in [-0.2, 0) is 10.0 Å². The van der Waals surface area contributed by atoms with Crippen molar-refractivity contribution >= 4 is 37.3 Å². The van der Waals surface area contributed by atoms with Crippen molar-refractivity contribution in [2.75, 3.05) is 6.54 Å². The summed E-state index contributed by atoms with van der Waals surface area (Å²) in [6, 6.07) is 1.54. The second-order valence-electron chi connectivity index (χ2n) is 3.75. The third kappa shape index (κ3) is 4.33. The van der Waals surface area contributed by atoms with Gasteiger partial charge in [-0.15, -0.1) is 11.3 Å². The minimum atomic E-state index is -3.45. The summed E-state index contributed by atoms with van der Waals surface area (Å²) in [6.07, 6.45) is 2.77. The van der Waals surface area contributed by atoms with Crippen LogP contribution in [-0.4, -0.2) is 21.0 Å². The number of hydrogen-bond donors (Lipinski definition) is 2. The minimum Gasteiger partial charge on any atom is -0.329 e. The fraction of sp³-hybridized carbons (Fsp3) is 0.600. The average molecular weight is 341 g/mol. The van der Waals surface area contributed by atoms with E-state index >= 15 is 0 Å². The summed E-state index contributed by atoms with van der Waals surface area (Å²) in [5.41, 5.74) is 5.58. The molecular weight excluding hydrogens is 324 g/mol. The SMILES string of the molecule is CCCCC(CN)NS(=O)(=O)c1sccc1Br. The lowest BCUT2D eigenvalue weighted by Gasteiger charge is -2.16. The smallest absolute Gasteiger partial charge is 0.251 e. The highest BCUT2D eigenvalue weighted by Gasteiger charge is 2.22. The van der Waals surface area contributed by atoms with Gasteiger partial charge in [-0.05, 0) is 33.8 Å². The molecule has 1 aromatic heterocycles. The third-order valence-corrected chi connectivity index (χ3v) is 6.53. The molecule has 1 atom stereocenters. The highest BCUT2D eigenvalue weighted by molar-refractivity contribution is 9.10. The predicted molar refractivity (Wildman–Crippen MR) is 74.7 cm³/mol. The number of rotatable bonds is 7. The Morgan fingerprint density at radius 3 is 2.76 bits per heavy atom. The second kappa shape index (κ2) is 6.84. The molecule has 0 radical (unpaired) electrons. The van der Waals surface area contributed by atoms with E-state index in [1.165, 1.54) is 11.3 Å². The van der Waals surface area contributed by atoms with E-state index in [9.17, 15) is 8.42 Å². The standard InChI is InChI=1S/C10H17BrN2O2S2/c1-2-3-4-8(7-12)13-17(14,15)10-9(11)5-6-16-10/h5-6,8,13H,2-4,7,12H2,1H3. The number of halogens is 1. The van der Waals surface area contributed by atoms with Crippen molar-refractivity contribution in [1.29, 1.82) is 0 Å². The second-order valence-corrected chi connectivity index (χ2v) is 7.43. The molecule has 1 aromatic rings. The van der Waals surface area contributed by atoms with Crippen LogP contribution in [0.1, 0.15) is 26.2 Å². The number of hydrogen-bond acceptors (Lipinski definition) is 4. The van der Waals surface area contributed by atoms with Gasteiger partial charge in [0.1, 0.15) is 4.21 Å². The molecule has 1 rings (SSSR count). The molecule has 0 saturated carbocycles. The van der Waals surface area contributed by atoms with Crippen LogP contribution >= 0.6 is 27.3 Å². The van der Waals surface area contributed by atoms with Crippen LogP contribution < -0.4 is 10.5 Å². The maximum atomic E-state index is 12.1. The van der Waals surface area contributed by atoms with Crippen LogP contribution in [0.25, 0.3) is 0 Å². The van der Waals surface area contributed by atoms with Crippen LogP contribution in [0.2, 0.25) is 0 Å². The van der Waals surface area contributed by atoms with E-state index in [0.717, 1.165) is 19.3 Å². The number of nitrogens with two attached hydrogens (primary N) is 1. The van der Waals surface area contributed by atoms with Gasteiger partial charge in [0.25, 0.3) is 10.0 Å². The molecule has 0 saturated heterocycles. The lowest BCUT2D eigenvalue weighted by molar-refractivity contribution is 0.517. The molecule has 1 heterocycles. The van der Waals surface area contributed by atoms with Crippen molar-refractivity contribution in [3.05, 3.63) is 15.9 Å². The lowest BCUT2D eigenvalue weighted by Crippen LogP contribution is -2.39. The van der Waals surface area contributed by atoms with Crippen molar-refractivity contribution in [1.82, 2.24) is 4.72 Å². The molecule has 0 aromatic carbocycles. The summed E-state index contributed by atoms with van der Waals surface area (Å²) in [5.74, 6) is 0. The molecule has 4 nitrogen and oxygen atoms in total. The lowest BCUT2D eigenvalue weighted by atomic mass is 10.1. The summed E-state index contributed by atoms with van der Waals surface area (Å²) < 4.78 is 27.7. The van der Waals surface area contributed by atoms with Gasteiger partial charge in [-0.2, -0.15) is 0 Å². The Bertz CT molecular complexity index is 445. The van der Waals surface area contributed by atoms with Gasteiger partial charge in [-0.1, -0.05) is 19.8 Å². The Kier molecular flexibility index (Phi) is 6.08. The first-order chi connectivity index (χ1) is 8.01. The molecule has 0 aliphatic heterocycles. The van der Waals surface area contributed by atoms with Gasteiger partial charge in [-0.25, -0.2) is 13.1 Å². The molecule has 3 N–H and O–H groups in total. The summed E-state index contributed by atoms with van der Waals surface area (Å²) in [4.78, 5) is 0. The monoisotopic (exact) mass is 340 g/mol. The Morgan fingerprint density at radius 1 is 1.59 bits per heavy atom. The maximum absolute atomic E-state index is 12.1. The Balaban J connectivity index is 2.75. The van der Waals surface area contributed by atoms with Crippen molar-refractivity contribution in [2.24, 2.45) is 5.73 Å². The van der Waals surface area contributed by atoms with Gasteiger partial charge in [0.05, 0.1) is 0 Å². The first-order valence-electron chi connectivity index (χ1n) is 5.46. The van der Waals surface area contributed by atoms with E-state index in [1.807, 2.05) is 0 Å². The topological polar surface area (TPSA) is 72.2 Å². The quantitative estimate of drug-likeness (QED) is 0.799. The maximum Gasteiger partial charge on any atom is 0.251 e. The van der Waals surface area contributed by atoms with E-state index in [-0.39, 0.29) is 6.04 Å². The average Bonchev–Trinajstić information content (AvgIpc) is 2.71. The Hall–Kier alpha value is 0.0500. The molecule has 17 heavy (non-hydrogen) atoms. The summed E-state index contributed by atoms with van der Waals surface area (Å²) in [6.45, 7) is 2.39. The van der Waals surface area contributed by atoms with E-state index < -0.39 is 10.0 Å². The number of sulfonamides is 1. The fourth-order valence-electron chi connectivity index (χ4n) is 1.42. The predicted octanol–water partition coefficient (Wildman–Crippen LogP) is 2.31. The van der Waals surface area contributed by atoms with Gasteiger partial charge >= 0.3 is 0 Å². The van der Waals surface area contributed by atoms with Gasteiger partial charge in [0, 0.05) is 17.1 Å². The minimum absolute atomic E-state index is 0.186. The Morgan fingerprint density at radius 2 is 2.29 bits per heavy atom. The summed E-state index contributed by atoms with van der Waals surface area (Å²) in [5, 5.41) is 1.74. The molecule has 0 amide bonds. The normalized spacial score (nSPS) is 13.8. The first-order valence-corrected chi connectivity index (χ1v) is 8.62. The van der Waals surface area contributed by atoms with Gasteiger partial charge in [-0.3, -0.25) is 0 Å². The third-order valence-electron chi connectivity index (χ3n) is 2.34. The molecule has 0 bridgehead atoms. The fourth-order valence-corrected chi connectivity index (χ4v) is 5.06.